The summed E-state index contributed by atoms with van der Waals surface area (Å²) in [4.78, 5) is 10.5. The number of thioether (sulfide) groups is 1. The van der Waals surface area contributed by atoms with Crippen LogP contribution in [-0.4, -0.2) is 29.3 Å². The topological polar surface area (TPSA) is 101 Å². The van der Waals surface area contributed by atoms with Crippen molar-refractivity contribution in [2.45, 2.75) is 17.4 Å². The average molecular weight is 387 g/mol. The van der Waals surface area contributed by atoms with Crippen molar-refractivity contribution in [1.82, 2.24) is 10.2 Å². The number of benzene rings is 2. The summed E-state index contributed by atoms with van der Waals surface area (Å²) in [5, 5.41) is 19.3. The Labute approximate surface area is 159 Å². The van der Waals surface area contributed by atoms with Crippen LogP contribution in [0.2, 0.25) is 0 Å². The summed E-state index contributed by atoms with van der Waals surface area (Å²) in [7, 11) is 3.13. The molecule has 0 bridgehead atoms. The smallest absolute Gasteiger partial charge is 0.277 e. The SMILES string of the molecule is COc1cc(OC)cc(-c2nnc(S[C@@H](C)c3cccc([N+](=O)[O-])c3)o2)c1. The first-order valence-electron chi connectivity index (χ1n) is 7.98. The van der Waals surface area contributed by atoms with Crippen molar-refractivity contribution in [3.63, 3.8) is 0 Å². The lowest BCUT2D eigenvalue weighted by Crippen LogP contribution is -1.92. The lowest BCUT2D eigenvalue weighted by molar-refractivity contribution is -0.384. The summed E-state index contributed by atoms with van der Waals surface area (Å²) < 4.78 is 16.2. The first-order chi connectivity index (χ1) is 13.0. The van der Waals surface area contributed by atoms with Crippen molar-refractivity contribution >= 4 is 17.4 Å². The number of ether oxygens (including phenoxy) is 2. The highest BCUT2D eigenvalue weighted by atomic mass is 32.2. The van der Waals surface area contributed by atoms with Gasteiger partial charge in [0.05, 0.1) is 19.1 Å². The number of hydrogen-bond acceptors (Lipinski definition) is 8. The Bertz CT molecular complexity index is 937. The van der Waals surface area contributed by atoms with Crippen LogP contribution in [0.25, 0.3) is 11.5 Å². The van der Waals surface area contributed by atoms with Gasteiger partial charge in [0.15, 0.2) is 0 Å². The van der Waals surface area contributed by atoms with Gasteiger partial charge >= 0.3 is 0 Å². The zero-order chi connectivity index (χ0) is 19.4. The van der Waals surface area contributed by atoms with Crippen molar-refractivity contribution in [2.24, 2.45) is 0 Å². The molecule has 140 valence electrons. The van der Waals surface area contributed by atoms with Gasteiger partial charge in [-0.05, 0) is 24.6 Å². The van der Waals surface area contributed by atoms with Crippen molar-refractivity contribution < 1.29 is 18.8 Å². The molecule has 0 spiro atoms. The van der Waals surface area contributed by atoms with Gasteiger partial charge in [-0.15, -0.1) is 10.2 Å². The van der Waals surface area contributed by atoms with E-state index in [0.717, 1.165) is 5.56 Å². The van der Waals surface area contributed by atoms with Crippen LogP contribution >= 0.6 is 11.8 Å². The van der Waals surface area contributed by atoms with E-state index < -0.39 is 4.92 Å². The maximum absolute atomic E-state index is 10.9. The van der Waals surface area contributed by atoms with Crippen molar-refractivity contribution in [3.05, 3.63) is 58.1 Å². The van der Waals surface area contributed by atoms with Crippen LogP contribution in [-0.2, 0) is 0 Å². The minimum atomic E-state index is -0.415. The van der Waals surface area contributed by atoms with E-state index in [0.29, 0.717) is 28.2 Å². The molecule has 3 rings (SSSR count). The van der Waals surface area contributed by atoms with Crippen molar-refractivity contribution in [2.75, 3.05) is 14.2 Å². The molecule has 1 heterocycles. The molecule has 1 atom stereocenters. The molecule has 0 N–H and O–H groups in total. The lowest BCUT2D eigenvalue weighted by atomic mass is 10.1. The number of nitrogens with zero attached hydrogens (tertiary/aromatic N) is 3. The molecular formula is C18H17N3O5S. The van der Waals surface area contributed by atoms with Crippen LogP contribution in [0, 0.1) is 10.1 Å². The van der Waals surface area contributed by atoms with Gasteiger partial charge in [-0.2, -0.15) is 0 Å². The molecule has 0 amide bonds. The molecule has 3 aromatic rings. The maximum atomic E-state index is 10.9. The Morgan fingerprint density at radius 2 is 1.81 bits per heavy atom. The Morgan fingerprint density at radius 1 is 1.11 bits per heavy atom. The largest absolute Gasteiger partial charge is 0.497 e. The summed E-state index contributed by atoms with van der Waals surface area (Å²) in [5.74, 6) is 1.56. The normalized spacial score (nSPS) is 11.8. The summed E-state index contributed by atoms with van der Waals surface area (Å²) in [6.07, 6.45) is 0. The van der Waals surface area contributed by atoms with Crippen LogP contribution in [0.1, 0.15) is 17.7 Å². The molecule has 8 nitrogen and oxygen atoms in total. The summed E-state index contributed by atoms with van der Waals surface area (Å²) in [6.45, 7) is 1.92. The molecule has 0 saturated heterocycles. The molecule has 2 aromatic carbocycles. The second-order valence-corrected chi connectivity index (χ2v) is 6.88. The number of non-ortho nitro benzene ring substituents is 1. The second-order valence-electron chi connectivity index (χ2n) is 5.59. The van der Waals surface area contributed by atoms with Crippen LogP contribution in [0.3, 0.4) is 0 Å². The van der Waals surface area contributed by atoms with Crippen LogP contribution in [0.15, 0.2) is 52.1 Å². The second kappa shape index (κ2) is 8.09. The molecule has 0 fully saturated rings. The van der Waals surface area contributed by atoms with Crippen LogP contribution in [0.5, 0.6) is 11.5 Å². The standard InChI is InChI=1S/C18H17N3O5S/c1-11(12-5-4-6-14(7-12)21(22)23)27-18-20-19-17(26-18)13-8-15(24-2)10-16(9-13)25-3/h4-11H,1-3H3/t11-/m0/s1. The van der Waals surface area contributed by atoms with Crippen LogP contribution in [0.4, 0.5) is 5.69 Å². The fourth-order valence-corrected chi connectivity index (χ4v) is 3.22. The zero-order valence-electron chi connectivity index (χ0n) is 14.9. The number of rotatable bonds is 7. The number of methoxy groups -OCH3 is 2. The third-order valence-electron chi connectivity index (χ3n) is 3.83. The summed E-state index contributed by atoms with van der Waals surface area (Å²) in [5.41, 5.74) is 1.53. The molecular weight excluding hydrogens is 370 g/mol. The lowest BCUT2D eigenvalue weighted by Gasteiger charge is -2.08. The van der Waals surface area contributed by atoms with E-state index in [1.807, 2.05) is 13.0 Å². The minimum absolute atomic E-state index is 0.0506. The number of nitro groups is 1. The van der Waals surface area contributed by atoms with Gasteiger partial charge in [-0.1, -0.05) is 23.9 Å². The molecule has 0 aliphatic carbocycles. The molecule has 0 aliphatic rings. The van der Waals surface area contributed by atoms with Crippen molar-refractivity contribution in [1.29, 1.82) is 0 Å². The van der Waals surface area contributed by atoms with Gasteiger partial charge in [-0.25, -0.2) is 0 Å². The van der Waals surface area contributed by atoms with Crippen LogP contribution < -0.4 is 9.47 Å². The van der Waals surface area contributed by atoms with Gasteiger partial charge in [-0.3, -0.25) is 10.1 Å². The molecule has 0 radical (unpaired) electrons. The Hall–Kier alpha value is -3.07. The number of nitro benzene ring substituents is 1. The van der Waals surface area contributed by atoms with E-state index in [2.05, 4.69) is 10.2 Å². The predicted molar refractivity (Wildman–Crippen MR) is 100 cm³/mol. The van der Waals surface area contributed by atoms with E-state index in [1.54, 1.807) is 44.6 Å². The summed E-state index contributed by atoms with van der Waals surface area (Å²) >= 11 is 1.33. The van der Waals surface area contributed by atoms with Gasteiger partial charge < -0.3 is 13.9 Å². The molecule has 0 aliphatic heterocycles. The average Bonchev–Trinajstić information content (AvgIpc) is 3.16. The van der Waals surface area contributed by atoms with Gasteiger partial charge in [0.2, 0.25) is 5.89 Å². The predicted octanol–water partition coefficient (Wildman–Crippen LogP) is 4.52. The van der Waals surface area contributed by atoms with E-state index in [4.69, 9.17) is 13.9 Å². The van der Waals surface area contributed by atoms with Gasteiger partial charge in [0, 0.05) is 29.0 Å². The minimum Gasteiger partial charge on any atom is -0.497 e. The Balaban J connectivity index is 1.80. The van der Waals surface area contributed by atoms with E-state index >= 15 is 0 Å². The fraction of sp³-hybridized carbons (Fsp3) is 0.222. The monoisotopic (exact) mass is 387 g/mol. The molecule has 27 heavy (non-hydrogen) atoms. The van der Waals surface area contributed by atoms with Gasteiger partial charge in [0.25, 0.3) is 10.9 Å². The Kier molecular flexibility index (Phi) is 5.60. The maximum Gasteiger partial charge on any atom is 0.277 e. The highest BCUT2D eigenvalue weighted by Crippen LogP contribution is 2.37. The van der Waals surface area contributed by atoms with E-state index in [9.17, 15) is 10.1 Å². The third-order valence-corrected chi connectivity index (χ3v) is 4.83. The molecule has 0 unspecified atom stereocenters. The van der Waals surface area contributed by atoms with Gasteiger partial charge in [0.1, 0.15) is 11.5 Å². The molecule has 9 heteroatoms. The molecule has 0 saturated carbocycles. The fourth-order valence-electron chi connectivity index (χ4n) is 2.42. The van der Waals surface area contributed by atoms with Crippen molar-refractivity contribution in [3.8, 4) is 23.0 Å². The van der Waals surface area contributed by atoms with E-state index in [-0.39, 0.29) is 10.9 Å². The summed E-state index contributed by atoms with van der Waals surface area (Å²) in [6, 6.07) is 11.8. The first-order valence-corrected chi connectivity index (χ1v) is 8.86. The quantitative estimate of drug-likeness (QED) is 0.331. The number of aromatic nitrogens is 2. The third kappa shape index (κ3) is 4.37. The molecule has 1 aromatic heterocycles. The first kappa shape index (κ1) is 18.7. The van der Waals surface area contributed by atoms with E-state index in [1.165, 1.54) is 17.8 Å². The number of hydrogen-bond donors (Lipinski definition) is 0. The zero-order valence-corrected chi connectivity index (χ0v) is 15.7. The Morgan fingerprint density at radius 3 is 2.44 bits per heavy atom. The highest BCUT2D eigenvalue weighted by Gasteiger charge is 2.17. The highest BCUT2D eigenvalue weighted by molar-refractivity contribution is 7.99.